The summed E-state index contributed by atoms with van der Waals surface area (Å²) in [5.74, 6) is 0.184. The molecule has 2 aliphatic carbocycles. The maximum atomic E-state index is 13.7. The SMILES string of the molecule is COCc1c(C(=O)NC2CCOCC2)cc(C2=CC(C(C)(C)C)C(S(=O)(=O)NC(C)(C)C)C=C2)n1CC1CCCCC1. The molecular weight excluding hydrogens is 550 g/mol. The van der Waals surface area contributed by atoms with Crippen LogP contribution in [0.25, 0.3) is 5.57 Å². The Morgan fingerprint density at radius 2 is 1.71 bits per heavy atom. The smallest absolute Gasteiger partial charge is 0.253 e. The number of rotatable bonds is 9. The van der Waals surface area contributed by atoms with Gasteiger partial charge in [-0.15, -0.1) is 0 Å². The molecule has 42 heavy (non-hydrogen) atoms. The van der Waals surface area contributed by atoms with Crippen molar-refractivity contribution in [3.8, 4) is 0 Å². The maximum absolute atomic E-state index is 13.7. The Kier molecular flexibility index (Phi) is 10.5. The van der Waals surface area contributed by atoms with E-state index in [1.54, 1.807) is 7.11 Å². The fraction of sp³-hybridized carbons (Fsp3) is 0.727. The summed E-state index contributed by atoms with van der Waals surface area (Å²) < 4.78 is 43.5. The molecule has 0 aromatic carbocycles. The Hall–Kier alpha value is -1.94. The molecule has 0 radical (unpaired) electrons. The van der Waals surface area contributed by atoms with Gasteiger partial charge < -0.3 is 19.4 Å². The third-order valence-corrected chi connectivity index (χ3v) is 10.8. The molecular formula is C33H53N3O5S. The molecule has 8 nitrogen and oxygen atoms in total. The lowest BCUT2D eigenvalue weighted by atomic mass is 9.75. The van der Waals surface area contributed by atoms with E-state index in [0.29, 0.717) is 31.3 Å². The van der Waals surface area contributed by atoms with E-state index in [2.05, 4.69) is 41.5 Å². The quantitative estimate of drug-likeness (QED) is 0.370. The maximum Gasteiger partial charge on any atom is 0.253 e. The van der Waals surface area contributed by atoms with Crippen LogP contribution in [0.1, 0.15) is 108 Å². The van der Waals surface area contributed by atoms with Crippen LogP contribution in [0, 0.1) is 17.3 Å². The Bertz CT molecular complexity index is 1250. The van der Waals surface area contributed by atoms with Gasteiger partial charge in [0.05, 0.1) is 17.9 Å². The number of nitrogens with one attached hydrogen (secondary N) is 2. The van der Waals surface area contributed by atoms with Crippen LogP contribution in [0.3, 0.4) is 0 Å². The molecule has 2 fully saturated rings. The highest BCUT2D eigenvalue weighted by molar-refractivity contribution is 7.90. The summed E-state index contributed by atoms with van der Waals surface area (Å²) in [5, 5.41) is 2.55. The molecule has 1 saturated heterocycles. The van der Waals surface area contributed by atoms with Gasteiger partial charge in [-0.1, -0.05) is 58.3 Å². The summed E-state index contributed by atoms with van der Waals surface area (Å²) in [5.41, 5.74) is 2.54. The van der Waals surface area contributed by atoms with E-state index in [1.165, 1.54) is 32.1 Å². The van der Waals surface area contributed by atoms with Crippen molar-refractivity contribution >= 4 is 21.5 Å². The average molecular weight is 604 g/mol. The second kappa shape index (κ2) is 13.4. The number of sulfonamides is 1. The number of nitrogens with zero attached hydrogens (tertiary/aromatic N) is 1. The molecule has 2 atom stereocenters. The molecule has 9 heteroatoms. The van der Waals surface area contributed by atoms with Crippen molar-refractivity contribution in [3.05, 3.63) is 41.2 Å². The van der Waals surface area contributed by atoms with Crippen molar-refractivity contribution in [1.82, 2.24) is 14.6 Å². The Morgan fingerprint density at radius 1 is 1.05 bits per heavy atom. The molecule has 0 bridgehead atoms. The third kappa shape index (κ3) is 8.16. The van der Waals surface area contributed by atoms with E-state index in [0.717, 1.165) is 36.3 Å². The fourth-order valence-corrected chi connectivity index (χ4v) is 8.77. The van der Waals surface area contributed by atoms with Gasteiger partial charge in [-0.2, -0.15) is 0 Å². The molecule has 0 spiro atoms. The Balaban J connectivity index is 1.78. The molecule has 1 saturated carbocycles. The van der Waals surface area contributed by atoms with Crippen molar-refractivity contribution in [1.29, 1.82) is 0 Å². The first-order valence-corrected chi connectivity index (χ1v) is 17.3. The molecule has 1 aromatic heterocycles. The largest absolute Gasteiger partial charge is 0.381 e. The van der Waals surface area contributed by atoms with Gasteiger partial charge in [-0.3, -0.25) is 4.79 Å². The molecule has 1 amide bonds. The van der Waals surface area contributed by atoms with E-state index < -0.39 is 20.8 Å². The monoisotopic (exact) mass is 603 g/mol. The van der Waals surface area contributed by atoms with Gasteiger partial charge in [0, 0.05) is 50.1 Å². The molecule has 1 aromatic rings. The Labute approximate surface area is 253 Å². The summed E-state index contributed by atoms with van der Waals surface area (Å²) >= 11 is 0. The second-order valence-electron chi connectivity index (χ2n) is 14.5. The van der Waals surface area contributed by atoms with Crippen LogP contribution in [-0.4, -0.2) is 56.0 Å². The summed E-state index contributed by atoms with van der Waals surface area (Å²) in [6, 6.07) is 2.09. The zero-order valence-corrected chi connectivity index (χ0v) is 27.6. The van der Waals surface area contributed by atoms with Crippen molar-refractivity contribution in [2.24, 2.45) is 17.3 Å². The van der Waals surface area contributed by atoms with E-state index >= 15 is 0 Å². The predicted molar refractivity (Wildman–Crippen MR) is 169 cm³/mol. The number of aromatic nitrogens is 1. The minimum atomic E-state index is -3.64. The number of carbonyl (C=O) groups excluding carboxylic acids is 1. The van der Waals surface area contributed by atoms with Gasteiger partial charge in [-0.25, -0.2) is 13.1 Å². The zero-order chi connectivity index (χ0) is 30.7. The topological polar surface area (TPSA) is 98.7 Å². The third-order valence-electron chi connectivity index (χ3n) is 8.74. The van der Waals surface area contributed by atoms with Crippen molar-refractivity contribution in [2.75, 3.05) is 20.3 Å². The lowest BCUT2D eigenvalue weighted by Crippen LogP contribution is -2.49. The van der Waals surface area contributed by atoms with Crippen LogP contribution >= 0.6 is 0 Å². The van der Waals surface area contributed by atoms with Gasteiger partial charge in [-0.05, 0) is 69.4 Å². The van der Waals surface area contributed by atoms with Gasteiger partial charge >= 0.3 is 0 Å². The first-order chi connectivity index (χ1) is 19.7. The standard InChI is InChI=1S/C33H53N3O5S/c1-32(2,3)27-19-24(13-14-30(27)42(38,39)35-33(4,5)6)28-20-26(31(37)34-25-15-17-41-18-16-25)29(22-40-7)36(28)21-23-11-9-8-10-12-23/h13-14,19-20,23,25,27,30,35H,8-12,15-18,21-22H2,1-7H3,(H,34,37). The van der Waals surface area contributed by atoms with Gasteiger partial charge in [0.25, 0.3) is 5.91 Å². The van der Waals surface area contributed by atoms with Crippen molar-refractivity contribution in [3.63, 3.8) is 0 Å². The molecule has 3 aliphatic rings. The lowest BCUT2D eigenvalue weighted by molar-refractivity contribution is 0.0694. The number of hydrogen-bond acceptors (Lipinski definition) is 5. The minimum Gasteiger partial charge on any atom is -0.381 e. The number of carbonyl (C=O) groups is 1. The van der Waals surface area contributed by atoms with Gasteiger partial charge in [0.2, 0.25) is 10.0 Å². The molecule has 2 unspecified atom stereocenters. The summed E-state index contributed by atoms with van der Waals surface area (Å²) in [7, 11) is -1.96. The van der Waals surface area contributed by atoms with Crippen molar-refractivity contribution < 1.29 is 22.7 Å². The molecule has 4 rings (SSSR count). The summed E-state index contributed by atoms with van der Waals surface area (Å²) in [6.07, 6.45) is 13.6. The highest BCUT2D eigenvalue weighted by Gasteiger charge is 2.41. The van der Waals surface area contributed by atoms with Gasteiger partial charge in [0.15, 0.2) is 0 Å². The van der Waals surface area contributed by atoms with Crippen LogP contribution in [0.5, 0.6) is 0 Å². The van der Waals surface area contributed by atoms with E-state index in [4.69, 9.17) is 9.47 Å². The number of methoxy groups -OCH3 is 1. The minimum absolute atomic E-state index is 0.0832. The zero-order valence-electron chi connectivity index (χ0n) is 26.8. The molecule has 1 aliphatic heterocycles. The summed E-state index contributed by atoms with van der Waals surface area (Å²) in [4.78, 5) is 13.7. The van der Waals surface area contributed by atoms with Crippen LogP contribution in [0.4, 0.5) is 0 Å². The molecule has 236 valence electrons. The van der Waals surface area contributed by atoms with Crippen LogP contribution in [0.2, 0.25) is 0 Å². The van der Waals surface area contributed by atoms with E-state index in [1.807, 2.05) is 39.0 Å². The molecule has 2 heterocycles. The predicted octanol–water partition coefficient (Wildman–Crippen LogP) is 5.83. The van der Waals surface area contributed by atoms with E-state index in [-0.39, 0.29) is 23.3 Å². The van der Waals surface area contributed by atoms with Crippen LogP contribution in [-0.2, 0) is 32.6 Å². The number of allylic oxidation sites excluding steroid dienone is 3. The first-order valence-electron chi connectivity index (χ1n) is 15.7. The number of hydrogen-bond donors (Lipinski definition) is 2. The van der Waals surface area contributed by atoms with Crippen LogP contribution < -0.4 is 10.0 Å². The van der Waals surface area contributed by atoms with Crippen molar-refractivity contribution in [2.45, 2.75) is 116 Å². The first kappa shape index (κ1) is 33.0. The fourth-order valence-electron chi connectivity index (χ4n) is 6.63. The Morgan fingerprint density at radius 3 is 2.31 bits per heavy atom. The van der Waals surface area contributed by atoms with E-state index in [9.17, 15) is 13.2 Å². The lowest BCUT2D eigenvalue weighted by Gasteiger charge is -2.37. The average Bonchev–Trinajstić information content (AvgIpc) is 3.26. The normalized spacial score (nSPS) is 23.2. The highest BCUT2D eigenvalue weighted by atomic mass is 32.2. The second-order valence-corrected chi connectivity index (χ2v) is 16.4. The highest BCUT2D eigenvalue weighted by Crippen LogP contribution is 2.40. The number of amides is 1. The summed E-state index contributed by atoms with van der Waals surface area (Å²) in [6.45, 7) is 14.3. The molecule has 2 N–H and O–H groups in total. The van der Waals surface area contributed by atoms with Crippen LogP contribution in [0.15, 0.2) is 24.3 Å². The number of ether oxygens (including phenoxy) is 2. The van der Waals surface area contributed by atoms with Gasteiger partial charge in [0.1, 0.15) is 5.25 Å².